The van der Waals surface area contributed by atoms with Crippen LogP contribution in [-0.2, 0) is 0 Å². The summed E-state index contributed by atoms with van der Waals surface area (Å²) in [5.74, 6) is 4.71. The van der Waals surface area contributed by atoms with Crippen LogP contribution in [0.25, 0.3) is 0 Å². The van der Waals surface area contributed by atoms with Gasteiger partial charge in [-0.25, -0.2) is 0 Å². The van der Waals surface area contributed by atoms with Crippen molar-refractivity contribution in [2.24, 2.45) is 23.7 Å². The first-order valence-corrected chi connectivity index (χ1v) is 6.75. The first-order valence-electron chi connectivity index (χ1n) is 6.75. The maximum atomic E-state index is 3.78. The van der Waals surface area contributed by atoms with Crippen LogP contribution in [0.2, 0.25) is 0 Å². The van der Waals surface area contributed by atoms with Gasteiger partial charge in [-0.15, -0.1) is 0 Å². The Balaban J connectivity index is 0.000000117. The minimum Gasteiger partial charge on any atom is -0.265 e. The van der Waals surface area contributed by atoms with Crippen molar-refractivity contribution in [3.63, 3.8) is 0 Å². The first kappa shape index (κ1) is 10.3. The lowest BCUT2D eigenvalue weighted by molar-refractivity contribution is 0.0198. The van der Waals surface area contributed by atoms with E-state index in [4.69, 9.17) is 0 Å². The molecule has 0 atom stereocenters. The van der Waals surface area contributed by atoms with Gasteiger partial charge in [0.15, 0.2) is 0 Å². The summed E-state index contributed by atoms with van der Waals surface area (Å²) in [5.41, 5.74) is 0. The van der Waals surface area contributed by atoms with Gasteiger partial charge >= 0.3 is 0 Å². The van der Waals surface area contributed by atoms with E-state index in [2.05, 4.69) is 4.98 Å². The van der Waals surface area contributed by atoms with E-state index < -0.39 is 0 Å². The molecule has 16 heavy (non-hydrogen) atoms. The zero-order valence-corrected chi connectivity index (χ0v) is 9.89. The minimum atomic E-state index is 1.18. The lowest BCUT2D eigenvalue weighted by Crippen LogP contribution is -2.38. The van der Waals surface area contributed by atoms with Crippen LogP contribution in [-0.4, -0.2) is 4.98 Å². The van der Waals surface area contributed by atoms with E-state index in [1.165, 1.54) is 23.7 Å². The van der Waals surface area contributed by atoms with Crippen molar-refractivity contribution < 1.29 is 0 Å². The van der Waals surface area contributed by atoms with Gasteiger partial charge in [0.1, 0.15) is 0 Å². The van der Waals surface area contributed by atoms with Crippen molar-refractivity contribution in [2.75, 3.05) is 0 Å². The Bertz CT molecular complexity index is 236. The third-order valence-corrected chi connectivity index (χ3v) is 4.57. The highest BCUT2D eigenvalue weighted by molar-refractivity contribution is 4.93. The molecule has 0 radical (unpaired) electrons. The fourth-order valence-corrected chi connectivity index (χ4v) is 4.30. The summed E-state index contributed by atoms with van der Waals surface area (Å²) in [7, 11) is 0. The molecule has 1 aromatic heterocycles. The molecule has 4 saturated carbocycles. The summed E-state index contributed by atoms with van der Waals surface area (Å²) in [6.07, 6.45) is 13.1. The maximum Gasteiger partial charge on any atom is 0.0267 e. The van der Waals surface area contributed by atoms with Gasteiger partial charge in [-0.05, 0) is 74.3 Å². The minimum absolute atomic E-state index is 1.18. The number of pyridine rings is 1. The van der Waals surface area contributed by atoms with E-state index in [1.54, 1.807) is 50.9 Å². The highest BCUT2D eigenvalue weighted by Crippen LogP contribution is 2.53. The van der Waals surface area contributed by atoms with Gasteiger partial charge in [0.2, 0.25) is 0 Å². The van der Waals surface area contributed by atoms with Crippen molar-refractivity contribution >= 4 is 0 Å². The first-order chi connectivity index (χ1) is 7.90. The summed E-state index contributed by atoms with van der Waals surface area (Å²) < 4.78 is 0. The van der Waals surface area contributed by atoms with E-state index >= 15 is 0 Å². The van der Waals surface area contributed by atoms with Crippen LogP contribution < -0.4 is 0 Å². The summed E-state index contributed by atoms with van der Waals surface area (Å²) in [6, 6.07) is 5.72. The summed E-state index contributed by atoms with van der Waals surface area (Å²) in [5, 5.41) is 0. The number of aromatic nitrogens is 1. The van der Waals surface area contributed by atoms with Crippen LogP contribution in [0, 0.1) is 23.7 Å². The average Bonchev–Trinajstić information content (AvgIpc) is 2.30. The van der Waals surface area contributed by atoms with Crippen LogP contribution in [0.5, 0.6) is 0 Å². The van der Waals surface area contributed by atoms with Crippen molar-refractivity contribution in [3.8, 4) is 0 Å². The lowest BCUT2D eigenvalue weighted by atomic mass is 9.56. The predicted molar refractivity (Wildman–Crippen MR) is 65.9 cm³/mol. The highest BCUT2D eigenvalue weighted by atomic mass is 14.6. The SMILES string of the molecule is C1C2CC3CC1CC(C2)C3.c1ccncc1. The molecule has 1 aromatic rings. The third-order valence-electron chi connectivity index (χ3n) is 4.57. The molecule has 4 aliphatic rings. The smallest absolute Gasteiger partial charge is 0.0267 e. The van der Waals surface area contributed by atoms with Crippen molar-refractivity contribution in [3.05, 3.63) is 30.6 Å². The molecular formula is C15H21N. The van der Waals surface area contributed by atoms with Gasteiger partial charge in [0.05, 0.1) is 0 Å². The molecule has 0 unspecified atom stereocenters. The molecule has 4 bridgehead atoms. The van der Waals surface area contributed by atoms with Gasteiger partial charge in [0.25, 0.3) is 0 Å². The van der Waals surface area contributed by atoms with Crippen molar-refractivity contribution in [2.45, 2.75) is 38.5 Å². The molecule has 0 spiro atoms. The zero-order chi connectivity index (χ0) is 10.8. The predicted octanol–water partition coefficient (Wildman–Crippen LogP) is 3.91. The number of hydrogen-bond donors (Lipinski definition) is 0. The Hall–Kier alpha value is -0.850. The molecule has 86 valence electrons. The molecule has 0 saturated heterocycles. The Labute approximate surface area is 98.3 Å². The second kappa shape index (κ2) is 4.57. The summed E-state index contributed by atoms with van der Waals surface area (Å²) in [6.45, 7) is 0. The van der Waals surface area contributed by atoms with Crippen LogP contribution >= 0.6 is 0 Å². The second-order valence-corrected chi connectivity index (χ2v) is 5.90. The molecule has 0 aromatic carbocycles. The molecule has 0 aliphatic heterocycles. The summed E-state index contributed by atoms with van der Waals surface area (Å²) >= 11 is 0. The van der Waals surface area contributed by atoms with Gasteiger partial charge in [-0.2, -0.15) is 0 Å². The molecule has 0 amide bonds. The maximum absolute atomic E-state index is 3.78. The number of nitrogens with zero attached hydrogens (tertiary/aromatic N) is 1. The number of hydrogen-bond acceptors (Lipinski definition) is 1. The van der Waals surface area contributed by atoms with Crippen LogP contribution in [0.15, 0.2) is 30.6 Å². The van der Waals surface area contributed by atoms with Crippen molar-refractivity contribution in [1.82, 2.24) is 4.98 Å². The molecule has 1 heteroatoms. The topological polar surface area (TPSA) is 12.9 Å². The Morgan fingerprint density at radius 2 is 0.938 bits per heavy atom. The quantitative estimate of drug-likeness (QED) is 0.639. The normalized spacial score (nSPS) is 39.0. The molecular weight excluding hydrogens is 194 g/mol. The van der Waals surface area contributed by atoms with Crippen molar-refractivity contribution in [1.29, 1.82) is 0 Å². The Kier molecular flexibility index (Phi) is 2.94. The van der Waals surface area contributed by atoms with Gasteiger partial charge in [-0.1, -0.05) is 6.07 Å². The van der Waals surface area contributed by atoms with Gasteiger partial charge in [-0.3, -0.25) is 4.98 Å². The van der Waals surface area contributed by atoms with E-state index in [9.17, 15) is 0 Å². The van der Waals surface area contributed by atoms with Crippen LogP contribution in [0.1, 0.15) is 38.5 Å². The molecule has 4 fully saturated rings. The molecule has 4 aliphatic carbocycles. The van der Waals surface area contributed by atoms with Gasteiger partial charge < -0.3 is 0 Å². The zero-order valence-electron chi connectivity index (χ0n) is 9.89. The largest absolute Gasteiger partial charge is 0.265 e. The molecule has 0 N–H and O–H groups in total. The molecule has 1 heterocycles. The van der Waals surface area contributed by atoms with E-state index in [0.717, 1.165) is 0 Å². The van der Waals surface area contributed by atoms with E-state index in [0.29, 0.717) is 0 Å². The van der Waals surface area contributed by atoms with Crippen LogP contribution in [0.3, 0.4) is 0 Å². The summed E-state index contributed by atoms with van der Waals surface area (Å²) in [4.78, 5) is 3.78. The second-order valence-electron chi connectivity index (χ2n) is 5.90. The molecule has 1 nitrogen and oxygen atoms in total. The fraction of sp³-hybridized carbons (Fsp3) is 0.667. The standard InChI is InChI=1S/C10H16.C5H5N/c1-7-2-9-4-8(1)5-10(3-7)6-9;1-2-4-6-5-3-1/h7-10H,1-6H2;1-5H. The molecule has 5 rings (SSSR count). The van der Waals surface area contributed by atoms with Gasteiger partial charge in [0, 0.05) is 12.4 Å². The fourth-order valence-electron chi connectivity index (χ4n) is 4.30. The third kappa shape index (κ3) is 2.28. The number of rotatable bonds is 0. The monoisotopic (exact) mass is 215 g/mol. The Morgan fingerprint density at radius 3 is 1.12 bits per heavy atom. The lowest BCUT2D eigenvalue weighted by Gasteiger charge is -2.49. The van der Waals surface area contributed by atoms with E-state index in [-0.39, 0.29) is 0 Å². The Morgan fingerprint density at radius 1 is 0.562 bits per heavy atom. The van der Waals surface area contributed by atoms with Crippen LogP contribution in [0.4, 0.5) is 0 Å². The highest BCUT2D eigenvalue weighted by Gasteiger charge is 2.41. The van der Waals surface area contributed by atoms with E-state index in [1.807, 2.05) is 18.2 Å². The average molecular weight is 215 g/mol.